The van der Waals surface area contributed by atoms with Crippen LogP contribution in [0.1, 0.15) is 22.3 Å². The van der Waals surface area contributed by atoms with Crippen molar-refractivity contribution in [2.24, 2.45) is 0 Å². The van der Waals surface area contributed by atoms with Gasteiger partial charge in [-0.15, -0.1) is 0 Å². The molecule has 6 heteroatoms. The number of hydrogen-bond donors (Lipinski definition) is 0. The van der Waals surface area contributed by atoms with Crippen molar-refractivity contribution in [1.29, 1.82) is 0 Å². The summed E-state index contributed by atoms with van der Waals surface area (Å²) in [4.78, 5) is 0. The van der Waals surface area contributed by atoms with Gasteiger partial charge in [0, 0.05) is 0 Å². The Morgan fingerprint density at radius 2 is 0.604 bits per heavy atom. The van der Waals surface area contributed by atoms with E-state index in [2.05, 4.69) is 24.3 Å². The van der Waals surface area contributed by atoms with Gasteiger partial charge in [-0.2, -0.15) is 26.3 Å². The van der Waals surface area contributed by atoms with E-state index in [0.29, 0.717) is 22.3 Å². The van der Waals surface area contributed by atoms with E-state index in [1.807, 2.05) is 72.8 Å². The zero-order valence-electron chi connectivity index (χ0n) is 26.0. The van der Waals surface area contributed by atoms with Gasteiger partial charge in [-0.05, 0) is 103 Å². The number of rotatable bonds is 4. The SMILES string of the molecule is Cc1ccc(-c2ccc(-c3c4ccccc4c(-c4ccc(-c5ccc(C)c(C(F)(F)F)c5)cc4)c4ccccc34)cc2)cc1C(F)(F)F. The third-order valence-electron chi connectivity index (χ3n) is 9.03. The number of aryl methyl sites for hydroxylation is 2. The normalized spacial score (nSPS) is 12.2. The predicted octanol–water partition coefficient (Wildman–Crippen LogP) is 13.3. The van der Waals surface area contributed by atoms with Gasteiger partial charge in [0.1, 0.15) is 0 Å². The summed E-state index contributed by atoms with van der Waals surface area (Å²) in [7, 11) is 0. The van der Waals surface area contributed by atoms with E-state index >= 15 is 0 Å². The van der Waals surface area contributed by atoms with Crippen LogP contribution in [-0.2, 0) is 12.4 Å². The fourth-order valence-corrected chi connectivity index (χ4v) is 6.62. The van der Waals surface area contributed by atoms with Crippen LogP contribution in [0.3, 0.4) is 0 Å². The van der Waals surface area contributed by atoms with Crippen molar-refractivity contribution in [3.8, 4) is 44.5 Å². The average molecular weight is 647 g/mol. The lowest BCUT2D eigenvalue weighted by molar-refractivity contribution is -0.138. The minimum atomic E-state index is -4.43. The fourth-order valence-electron chi connectivity index (χ4n) is 6.62. The Kier molecular flexibility index (Phi) is 7.62. The highest BCUT2D eigenvalue weighted by molar-refractivity contribution is 6.21. The maximum atomic E-state index is 13.6. The van der Waals surface area contributed by atoms with E-state index in [9.17, 15) is 26.3 Å². The van der Waals surface area contributed by atoms with E-state index in [0.717, 1.165) is 43.8 Å². The second-order valence-corrected chi connectivity index (χ2v) is 12.1. The first kappa shape index (κ1) is 31.3. The molecule has 7 aromatic rings. The Labute approximate surface area is 273 Å². The number of fused-ring (bicyclic) bond motifs is 2. The summed E-state index contributed by atoms with van der Waals surface area (Å²) in [5.74, 6) is 0. The molecule has 0 aliphatic carbocycles. The number of halogens is 6. The molecule has 0 bridgehead atoms. The number of hydrogen-bond acceptors (Lipinski definition) is 0. The first-order chi connectivity index (χ1) is 22.9. The Balaban J connectivity index is 1.34. The highest BCUT2D eigenvalue weighted by Gasteiger charge is 2.33. The molecule has 0 aromatic heterocycles. The van der Waals surface area contributed by atoms with Crippen molar-refractivity contribution in [3.63, 3.8) is 0 Å². The maximum Gasteiger partial charge on any atom is 0.416 e. The minimum absolute atomic E-state index is 0.182. The largest absolute Gasteiger partial charge is 0.416 e. The summed E-state index contributed by atoms with van der Waals surface area (Å²) in [6.07, 6.45) is -8.87. The van der Waals surface area contributed by atoms with E-state index in [1.54, 1.807) is 12.1 Å². The van der Waals surface area contributed by atoms with Crippen LogP contribution in [-0.4, -0.2) is 0 Å². The molecule has 0 saturated carbocycles. The highest BCUT2D eigenvalue weighted by Crippen LogP contribution is 2.44. The summed E-state index contributed by atoms with van der Waals surface area (Å²) < 4.78 is 81.7. The summed E-state index contributed by atoms with van der Waals surface area (Å²) in [6.45, 7) is 2.92. The molecular formula is C42H28F6. The van der Waals surface area contributed by atoms with Gasteiger partial charge in [-0.25, -0.2) is 0 Å². The lowest BCUT2D eigenvalue weighted by Crippen LogP contribution is -2.07. The molecule has 0 atom stereocenters. The highest BCUT2D eigenvalue weighted by atomic mass is 19.4. The molecule has 0 spiro atoms. The lowest BCUT2D eigenvalue weighted by atomic mass is 9.85. The Hall–Kier alpha value is -5.36. The Bertz CT molecular complexity index is 2090. The Morgan fingerprint density at radius 3 is 0.896 bits per heavy atom. The molecule has 0 amide bonds. The van der Waals surface area contributed by atoms with Crippen molar-refractivity contribution in [1.82, 2.24) is 0 Å². The molecule has 0 aliphatic heterocycles. The molecule has 0 aliphatic rings. The van der Waals surface area contributed by atoms with E-state index in [-0.39, 0.29) is 11.1 Å². The van der Waals surface area contributed by atoms with E-state index in [1.165, 1.54) is 38.1 Å². The van der Waals surface area contributed by atoms with Gasteiger partial charge < -0.3 is 0 Å². The first-order valence-corrected chi connectivity index (χ1v) is 15.4. The Morgan fingerprint density at radius 1 is 0.333 bits per heavy atom. The molecule has 0 saturated heterocycles. The topological polar surface area (TPSA) is 0 Å². The van der Waals surface area contributed by atoms with Gasteiger partial charge in [-0.3, -0.25) is 0 Å². The van der Waals surface area contributed by atoms with Crippen LogP contribution in [0, 0.1) is 13.8 Å². The van der Waals surface area contributed by atoms with Gasteiger partial charge in [0.25, 0.3) is 0 Å². The molecule has 7 aromatic carbocycles. The van der Waals surface area contributed by atoms with Crippen LogP contribution in [0.15, 0.2) is 133 Å². The molecule has 0 heterocycles. The zero-order valence-corrected chi connectivity index (χ0v) is 26.0. The first-order valence-electron chi connectivity index (χ1n) is 15.4. The standard InChI is InChI=1S/C42H28F6/c1-25-11-13-31(23-37(25)41(43,44)45)27-15-19-29(20-16-27)39-33-7-3-5-9-35(33)40(36-10-6-4-8-34(36)39)30-21-17-28(18-22-30)32-14-12-26(2)38(24-32)42(46,47)48/h3-24H,1-2H3. The van der Waals surface area contributed by atoms with Gasteiger partial charge in [0.15, 0.2) is 0 Å². The molecule has 48 heavy (non-hydrogen) atoms. The third kappa shape index (κ3) is 5.62. The van der Waals surface area contributed by atoms with Crippen LogP contribution in [0.25, 0.3) is 66.1 Å². The molecular weight excluding hydrogens is 618 g/mol. The van der Waals surface area contributed by atoms with Crippen LogP contribution in [0.2, 0.25) is 0 Å². The molecule has 0 fully saturated rings. The summed E-state index contributed by atoms with van der Waals surface area (Å²) in [5.41, 5.74) is 5.30. The van der Waals surface area contributed by atoms with Crippen LogP contribution in [0.4, 0.5) is 26.3 Å². The number of benzene rings is 7. The van der Waals surface area contributed by atoms with Crippen LogP contribution >= 0.6 is 0 Å². The van der Waals surface area contributed by atoms with Crippen molar-refractivity contribution >= 4 is 21.5 Å². The van der Waals surface area contributed by atoms with E-state index in [4.69, 9.17) is 0 Å². The molecule has 0 unspecified atom stereocenters. The zero-order chi connectivity index (χ0) is 33.8. The van der Waals surface area contributed by atoms with Gasteiger partial charge in [-0.1, -0.05) is 121 Å². The third-order valence-corrected chi connectivity index (χ3v) is 9.03. The van der Waals surface area contributed by atoms with Gasteiger partial charge in [0.05, 0.1) is 11.1 Å². The maximum absolute atomic E-state index is 13.6. The predicted molar refractivity (Wildman–Crippen MR) is 183 cm³/mol. The summed E-state index contributed by atoms with van der Waals surface area (Å²) in [5, 5.41) is 4.02. The van der Waals surface area contributed by atoms with Crippen molar-refractivity contribution in [2.75, 3.05) is 0 Å². The second kappa shape index (κ2) is 11.7. The van der Waals surface area contributed by atoms with Crippen molar-refractivity contribution < 1.29 is 26.3 Å². The van der Waals surface area contributed by atoms with Gasteiger partial charge in [0.2, 0.25) is 0 Å². The van der Waals surface area contributed by atoms with Crippen molar-refractivity contribution in [3.05, 3.63) is 156 Å². The van der Waals surface area contributed by atoms with E-state index < -0.39 is 23.5 Å². The summed E-state index contributed by atoms with van der Waals surface area (Å²) >= 11 is 0. The minimum Gasteiger partial charge on any atom is -0.166 e. The number of alkyl halides is 6. The lowest BCUT2D eigenvalue weighted by Gasteiger charge is -2.18. The van der Waals surface area contributed by atoms with Crippen LogP contribution < -0.4 is 0 Å². The van der Waals surface area contributed by atoms with Gasteiger partial charge >= 0.3 is 12.4 Å². The van der Waals surface area contributed by atoms with Crippen molar-refractivity contribution in [2.45, 2.75) is 26.2 Å². The molecule has 7 rings (SSSR count). The quantitative estimate of drug-likeness (QED) is 0.132. The molecule has 0 nitrogen and oxygen atoms in total. The molecule has 238 valence electrons. The smallest absolute Gasteiger partial charge is 0.166 e. The monoisotopic (exact) mass is 646 g/mol. The molecule has 0 N–H and O–H groups in total. The fraction of sp³-hybridized carbons (Fsp3) is 0.0952. The summed E-state index contributed by atoms with van der Waals surface area (Å²) in [6, 6.07) is 40.1. The average Bonchev–Trinajstić information content (AvgIpc) is 3.07. The second-order valence-electron chi connectivity index (χ2n) is 12.1. The molecule has 0 radical (unpaired) electrons. The van der Waals surface area contributed by atoms with Crippen LogP contribution in [0.5, 0.6) is 0 Å².